The summed E-state index contributed by atoms with van der Waals surface area (Å²) in [7, 11) is 0. The van der Waals surface area contributed by atoms with Crippen LogP contribution in [0.1, 0.15) is 29.1 Å². The van der Waals surface area contributed by atoms with Gasteiger partial charge in [-0.25, -0.2) is 14.4 Å². The van der Waals surface area contributed by atoms with Crippen LogP contribution < -0.4 is 10.1 Å². The SMILES string of the molecule is OC(CNc1nc(CN2CCOCC2)nc2sc3c(c12)CCCC3)COc1ccc(F)cc1. The fraction of sp³-hybridized carbons (Fsp3) is 0.500. The van der Waals surface area contributed by atoms with Crippen LogP contribution in [-0.2, 0) is 24.1 Å². The van der Waals surface area contributed by atoms with Gasteiger partial charge in [-0.1, -0.05) is 0 Å². The molecule has 3 aromatic rings. The molecule has 2 N–H and O–H groups in total. The highest BCUT2D eigenvalue weighted by atomic mass is 32.1. The molecule has 2 aliphatic rings. The van der Waals surface area contributed by atoms with E-state index < -0.39 is 6.10 Å². The van der Waals surface area contributed by atoms with Crippen molar-refractivity contribution in [2.45, 2.75) is 38.3 Å². The van der Waals surface area contributed by atoms with Crippen LogP contribution in [0.15, 0.2) is 24.3 Å². The molecule has 3 heterocycles. The molecular weight excluding hydrogens is 443 g/mol. The summed E-state index contributed by atoms with van der Waals surface area (Å²) in [4.78, 5) is 14.6. The average molecular weight is 473 g/mol. The summed E-state index contributed by atoms with van der Waals surface area (Å²) in [5.41, 5.74) is 1.36. The van der Waals surface area contributed by atoms with Gasteiger partial charge in [0.25, 0.3) is 0 Å². The van der Waals surface area contributed by atoms with Crippen LogP contribution in [-0.4, -0.2) is 65.5 Å². The molecule has 5 rings (SSSR count). The molecular formula is C24H29FN4O3S. The molecule has 0 saturated carbocycles. The lowest BCUT2D eigenvalue weighted by Gasteiger charge is -2.26. The maximum absolute atomic E-state index is 13.1. The predicted octanol–water partition coefficient (Wildman–Crippen LogP) is 3.39. The van der Waals surface area contributed by atoms with Gasteiger partial charge < -0.3 is 19.9 Å². The topological polar surface area (TPSA) is 79.7 Å². The Morgan fingerprint density at radius 3 is 2.76 bits per heavy atom. The molecule has 1 aliphatic carbocycles. The number of hydrogen-bond acceptors (Lipinski definition) is 8. The molecule has 0 radical (unpaired) electrons. The second-order valence-electron chi connectivity index (χ2n) is 8.57. The van der Waals surface area contributed by atoms with Gasteiger partial charge in [0.15, 0.2) is 0 Å². The number of aryl methyl sites for hydroxylation is 2. The largest absolute Gasteiger partial charge is 0.491 e. The number of thiophene rings is 1. The van der Waals surface area contributed by atoms with E-state index >= 15 is 0 Å². The Labute approximate surface area is 196 Å². The van der Waals surface area contributed by atoms with Crippen LogP contribution in [0, 0.1) is 5.82 Å². The zero-order valence-corrected chi connectivity index (χ0v) is 19.4. The number of aromatic nitrogens is 2. The van der Waals surface area contributed by atoms with E-state index in [-0.39, 0.29) is 12.4 Å². The smallest absolute Gasteiger partial charge is 0.146 e. The Hall–Kier alpha value is -2.33. The third kappa shape index (κ3) is 5.43. The van der Waals surface area contributed by atoms with Gasteiger partial charge in [0.05, 0.1) is 25.1 Å². The van der Waals surface area contributed by atoms with Crippen molar-refractivity contribution in [1.29, 1.82) is 0 Å². The second-order valence-corrected chi connectivity index (χ2v) is 9.65. The molecule has 9 heteroatoms. The number of aliphatic hydroxyl groups is 1. The van der Waals surface area contributed by atoms with Crippen LogP contribution in [0.2, 0.25) is 0 Å². The predicted molar refractivity (Wildman–Crippen MR) is 127 cm³/mol. The Morgan fingerprint density at radius 1 is 1.15 bits per heavy atom. The van der Waals surface area contributed by atoms with E-state index in [0.717, 1.165) is 61.0 Å². The lowest BCUT2D eigenvalue weighted by molar-refractivity contribution is 0.0331. The van der Waals surface area contributed by atoms with Crippen LogP contribution in [0.3, 0.4) is 0 Å². The molecule has 1 fully saturated rings. The van der Waals surface area contributed by atoms with Crippen LogP contribution in [0.5, 0.6) is 5.75 Å². The number of benzene rings is 1. The van der Waals surface area contributed by atoms with Gasteiger partial charge in [0.2, 0.25) is 0 Å². The van der Waals surface area contributed by atoms with Gasteiger partial charge >= 0.3 is 0 Å². The van der Waals surface area contributed by atoms with Gasteiger partial charge in [-0.15, -0.1) is 11.3 Å². The fourth-order valence-electron chi connectivity index (χ4n) is 4.36. The van der Waals surface area contributed by atoms with Crippen molar-refractivity contribution in [2.24, 2.45) is 0 Å². The van der Waals surface area contributed by atoms with Gasteiger partial charge in [-0.05, 0) is 55.5 Å². The van der Waals surface area contributed by atoms with E-state index in [2.05, 4.69) is 10.2 Å². The Balaban J connectivity index is 1.32. The molecule has 1 saturated heterocycles. The van der Waals surface area contributed by atoms with Gasteiger partial charge in [0, 0.05) is 24.5 Å². The number of aliphatic hydroxyl groups excluding tert-OH is 1. The van der Waals surface area contributed by atoms with Crippen molar-refractivity contribution < 1.29 is 19.0 Å². The first kappa shape index (κ1) is 22.5. The van der Waals surface area contributed by atoms with Crippen molar-refractivity contribution in [3.63, 3.8) is 0 Å². The molecule has 0 bridgehead atoms. The summed E-state index contributed by atoms with van der Waals surface area (Å²) in [6, 6.07) is 5.79. The van der Waals surface area contributed by atoms with E-state index in [4.69, 9.17) is 19.4 Å². The molecule has 1 atom stereocenters. The summed E-state index contributed by atoms with van der Waals surface area (Å²) < 4.78 is 24.1. The van der Waals surface area contributed by atoms with E-state index in [1.165, 1.54) is 35.4 Å². The maximum atomic E-state index is 13.1. The highest BCUT2D eigenvalue weighted by Crippen LogP contribution is 2.38. The first-order chi connectivity index (χ1) is 16.2. The number of ether oxygens (including phenoxy) is 2. The molecule has 33 heavy (non-hydrogen) atoms. The number of halogens is 1. The first-order valence-corrected chi connectivity index (χ1v) is 12.4. The fourth-order valence-corrected chi connectivity index (χ4v) is 5.64. The molecule has 1 unspecified atom stereocenters. The number of nitrogens with one attached hydrogen (secondary N) is 1. The lowest BCUT2D eigenvalue weighted by atomic mass is 9.97. The number of nitrogens with zero attached hydrogens (tertiary/aromatic N) is 3. The van der Waals surface area contributed by atoms with Crippen LogP contribution >= 0.6 is 11.3 Å². The van der Waals surface area contributed by atoms with Crippen LogP contribution in [0.25, 0.3) is 10.2 Å². The van der Waals surface area contributed by atoms with E-state index in [1.807, 2.05) is 0 Å². The molecule has 176 valence electrons. The highest BCUT2D eigenvalue weighted by Gasteiger charge is 2.22. The number of rotatable bonds is 8. The molecule has 7 nitrogen and oxygen atoms in total. The second kappa shape index (κ2) is 10.3. The zero-order valence-electron chi connectivity index (χ0n) is 18.6. The standard InChI is InChI=1S/C24H29FN4O3S/c25-16-5-7-18(8-6-16)32-15-17(30)13-26-23-22-19-3-1-2-4-20(19)33-24(22)28-21(27-23)14-29-9-11-31-12-10-29/h5-8,17,30H,1-4,9-15H2,(H,26,27,28). The van der Waals surface area contributed by atoms with Crippen molar-refractivity contribution in [3.05, 3.63) is 46.3 Å². The normalized spacial score (nSPS) is 17.6. The van der Waals surface area contributed by atoms with Gasteiger partial charge in [-0.2, -0.15) is 0 Å². The molecule has 1 aliphatic heterocycles. The Morgan fingerprint density at radius 2 is 1.94 bits per heavy atom. The molecule has 0 spiro atoms. The van der Waals surface area contributed by atoms with Crippen molar-refractivity contribution in [2.75, 3.05) is 44.8 Å². The summed E-state index contributed by atoms with van der Waals surface area (Å²) in [5, 5.41) is 15.0. The number of morpholine rings is 1. The summed E-state index contributed by atoms with van der Waals surface area (Å²) >= 11 is 1.78. The summed E-state index contributed by atoms with van der Waals surface area (Å²) in [6.07, 6.45) is 3.81. The summed E-state index contributed by atoms with van der Waals surface area (Å²) in [6.45, 7) is 4.33. The zero-order chi connectivity index (χ0) is 22.6. The minimum absolute atomic E-state index is 0.106. The number of anilines is 1. The van der Waals surface area contributed by atoms with Crippen LogP contribution in [0.4, 0.5) is 10.2 Å². The molecule has 1 aromatic carbocycles. The lowest BCUT2D eigenvalue weighted by Crippen LogP contribution is -2.36. The van der Waals surface area contributed by atoms with E-state index in [1.54, 1.807) is 23.5 Å². The van der Waals surface area contributed by atoms with Crippen molar-refractivity contribution in [3.8, 4) is 5.75 Å². The highest BCUT2D eigenvalue weighted by molar-refractivity contribution is 7.19. The minimum atomic E-state index is -0.739. The Kier molecular flexibility index (Phi) is 7.01. The quantitative estimate of drug-likeness (QED) is 0.520. The minimum Gasteiger partial charge on any atom is -0.491 e. The van der Waals surface area contributed by atoms with E-state index in [0.29, 0.717) is 18.8 Å². The maximum Gasteiger partial charge on any atom is 0.146 e. The average Bonchev–Trinajstić information content (AvgIpc) is 3.21. The monoisotopic (exact) mass is 472 g/mol. The third-order valence-corrected chi connectivity index (χ3v) is 7.28. The van der Waals surface area contributed by atoms with Crippen molar-refractivity contribution in [1.82, 2.24) is 14.9 Å². The number of fused-ring (bicyclic) bond motifs is 3. The van der Waals surface area contributed by atoms with Gasteiger partial charge in [0.1, 0.15) is 40.8 Å². The first-order valence-electron chi connectivity index (χ1n) is 11.6. The van der Waals surface area contributed by atoms with Gasteiger partial charge in [-0.3, -0.25) is 4.90 Å². The Bertz CT molecular complexity index is 1090. The van der Waals surface area contributed by atoms with E-state index in [9.17, 15) is 9.50 Å². The number of hydrogen-bond donors (Lipinski definition) is 2. The third-order valence-electron chi connectivity index (χ3n) is 6.09. The molecule has 0 amide bonds. The summed E-state index contributed by atoms with van der Waals surface area (Å²) in [5.74, 6) is 1.80. The molecule has 2 aromatic heterocycles. The van der Waals surface area contributed by atoms with Crippen molar-refractivity contribution >= 4 is 27.4 Å².